The first-order chi connectivity index (χ1) is 18.5. The molecule has 0 aliphatic carbocycles. The summed E-state index contributed by atoms with van der Waals surface area (Å²) in [6.45, 7) is 1.73. The van der Waals surface area contributed by atoms with Crippen molar-refractivity contribution in [2.75, 3.05) is 14.1 Å². The Hall–Kier alpha value is -4.24. The summed E-state index contributed by atoms with van der Waals surface area (Å²) in [7, 11) is 2.99. The van der Waals surface area contributed by atoms with Crippen LogP contribution < -0.4 is 11.5 Å². The molecule has 3 rings (SSSR count). The Morgan fingerprint density at radius 2 is 1.33 bits per heavy atom. The van der Waals surface area contributed by atoms with E-state index in [1.165, 1.54) is 42.1 Å². The SMILES string of the molecule is Cc1cc(C[C@@H](C(N)=O)N(C)C(=O)[C@H](Cc2ccccc2)N(C)C(=O)[C@@H](N)Cc2ccc(F)cc2)ccc1O. The molecule has 3 aromatic carbocycles. The maximum absolute atomic E-state index is 13.9. The number of benzene rings is 3. The molecular formula is C30H35FN4O4. The number of rotatable bonds is 11. The number of halogens is 1. The van der Waals surface area contributed by atoms with Gasteiger partial charge in [0, 0.05) is 26.9 Å². The maximum Gasteiger partial charge on any atom is 0.246 e. The first-order valence-corrected chi connectivity index (χ1v) is 12.6. The molecule has 0 heterocycles. The van der Waals surface area contributed by atoms with Crippen LogP contribution in [0.4, 0.5) is 4.39 Å². The Balaban J connectivity index is 1.86. The molecular weight excluding hydrogens is 499 g/mol. The van der Waals surface area contributed by atoms with E-state index in [0.717, 1.165) is 11.1 Å². The van der Waals surface area contributed by atoms with Gasteiger partial charge in [0.2, 0.25) is 17.7 Å². The van der Waals surface area contributed by atoms with Crippen LogP contribution in [0.1, 0.15) is 22.3 Å². The van der Waals surface area contributed by atoms with Crippen molar-refractivity contribution in [1.82, 2.24) is 9.80 Å². The lowest BCUT2D eigenvalue weighted by Gasteiger charge is -2.35. The molecule has 5 N–H and O–H groups in total. The number of primary amides is 1. The van der Waals surface area contributed by atoms with Crippen molar-refractivity contribution in [1.29, 1.82) is 0 Å². The van der Waals surface area contributed by atoms with Crippen LogP contribution in [0.5, 0.6) is 5.75 Å². The zero-order chi connectivity index (χ0) is 28.7. The third-order valence-corrected chi connectivity index (χ3v) is 6.89. The van der Waals surface area contributed by atoms with E-state index in [-0.39, 0.29) is 25.0 Å². The fourth-order valence-corrected chi connectivity index (χ4v) is 4.49. The van der Waals surface area contributed by atoms with Gasteiger partial charge in [-0.15, -0.1) is 0 Å². The molecule has 0 bridgehead atoms. The number of carbonyl (C=O) groups excluding carboxylic acids is 3. The Morgan fingerprint density at radius 3 is 1.92 bits per heavy atom. The van der Waals surface area contributed by atoms with E-state index in [4.69, 9.17) is 11.5 Å². The normalized spacial score (nSPS) is 13.3. The minimum Gasteiger partial charge on any atom is -0.508 e. The van der Waals surface area contributed by atoms with Crippen molar-refractivity contribution in [2.45, 2.75) is 44.3 Å². The molecule has 3 amide bonds. The number of hydrogen-bond acceptors (Lipinski definition) is 5. The molecule has 0 aliphatic rings. The van der Waals surface area contributed by atoms with Crippen LogP contribution in [0.3, 0.4) is 0 Å². The highest BCUT2D eigenvalue weighted by atomic mass is 19.1. The van der Waals surface area contributed by atoms with Crippen molar-refractivity contribution in [3.05, 3.63) is 101 Å². The van der Waals surface area contributed by atoms with E-state index < -0.39 is 41.7 Å². The van der Waals surface area contributed by atoms with Crippen LogP contribution in [0.25, 0.3) is 0 Å². The largest absolute Gasteiger partial charge is 0.508 e. The quantitative estimate of drug-likeness (QED) is 0.348. The van der Waals surface area contributed by atoms with Gasteiger partial charge in [-0.2, -0.15) is 0 Å². The van der Waals surface area contributed by atoms with Crippen molar-refractivity contribution in [3.63, 3.8) is 0 Å². The first-order valence-electron chi connectivity index (χ1n) is 12.6. The number of amides is 3. The summed E-state index contributed by atoms with van der Waals surface area (Å²) in [4.78, 5) is 42.3. The molecule has 0 saturated heterocycles. The van der Waals surface area contributed by atoms with Gasteiger partial charge in [-0.05, 0) is 53.8 Å². The summed E-state index contributed by atoms with van der Waals surface area (Å²) in [5.41, 5.74) is 14.8. The molecule has 0 spiro atoms. The standard InChI is InChI=1S/C30H35FN4O4/c1-19-15-22(11-14-27(19)36)18-25(28(33)37)34(2)30(39)26(17-20-7-5-4-6-8-20)35(3)29(38)24(32)16-21-9-12-23(31)13-10-21/h4-15,24-26,36H,16-18,32H2,1-3H3,(H2,33,37)/t24-,25-,26-/m0/s1. The monoisotopic (exact) mass is 534 g/mol. The third kappa shape index (κ3) is 7.64. The molecule has 39 heavy (non-hydrogen) atoms. The molecule has 0 unspecified atom stereocenters. The summed E-state index contributed by atoms with van der Waals surface area (Å²) in [5, 5.41) is 9.84. The Kier molecular flexibility index (Phi) is 9.78. The Morgan fingerprint density at radius 1 is 0.795 bits per heavy atom. The summed E-state index contributed by atoms with van der Waals surface area (Å²) in [6.07, 6.45) is 0.494. The smallest absolute Gasteiger partial charge is 0.246 e. The number of hydrogen-bond donors (Lipinski definition) is 3. The van der Waals surface area contributed by atoms with E-state index in [9.17, 15) is 23.9 Å². The second-order valence-corrected chi connectivity index (χ2v) is 9.78. The number of likely N-dealkylation sites (N-methyl/N-ethyl adjacent to an activating group) is 2. The second kappa shape index (κ2) is 13.0. The number of nitrogens with zero attached hydrogens (tertiary/aromatic N) is 2. The highest BCUT2D eigenvalue weighted by Crippen LogP contribution is 2.20. The molecule has 0 aliphatic heterocycles. The molecule has 8 nitrogen and oxygen atoms in total. The molecule has 0 saturated carbocycles. The summed E-state index contributed by atoms with van der Waals surface area (Å²) >= 11 is 0. The van der Waals surface area contributed by atoms with Crippen LogP contribution in [-0.4, -0.2) is 64.8 Å². The average Bonchev–Trinajstić information content (AvgIpc) is 2.92. The van der Waals surface area contributed by atoms with Gasteiger partial charge in [0.25, 0.3) is 0 Å². The van der Waals surface area contributed by atoms with Gasteiger partial charge in [-0.25, -0.2) is 4.39 Å². The van der Waals surface area contributed by atoms with Crippen LogP contribution in [-0.2, 0) is 33.6 Å². The molecule has 0 radical (unpaired) electrons. The van der Waals surface area contributed by atoms with Gasteiger partial charge < -0.3 is 26.4 Å². The van der Waals surface area contributed by atoms with Crippen molar-refractivity contribution < 1.29 is 23.9 Å². The minimum atomic E-state index is -0.990. The third-order valence-electron chi connectivity index (χ3n) is 6.89. The van der Waals surface area contributed by atoms with Crippen LogP contribution in [0, 0.1) is 12.7 Å². The Bertz CT molecular complexity index is 1300. The zero-order valence-electron chi connectivity index (χ0n) is 22.4. The molecule has 9 heteroatoms. The van der Waals surface area contributed by atoms with Crippen molar-refractivity contribution in [3.8, 4) is 5.75 Å². The van der Waals surface area contributed by atoms with Gasteiger partial charge in [-0.1, -0.05) is 54.6 Å². The van der Waals surface area contributed by atoms with E-state index in [2.05, 4.69) is 0 Å². The lowest BCUT2D eigenvalue weighted by molar-refractivity contribution is -0.147. The van der Waals surface area contributed by atoms with Gasteiger partial charge in [-0.3, -0.25) is 14.4 Å². The number of aryl methyl sites for hydroxylation is 1. The second-order valence-electron chi connectivity index (χ2n) is 9.78. The van der Waals surface area contributed by atoms with Gasteiger partial charge in [0.15, 0.2) is 0 Å². The van der Waals surface area contributed by atoms with Crippen molar-refractivity contribution in [2.24, 2.45) is 11.5 Å². The van der Waals surface area contributed by atoms with Gasteiger partial charge >= 0.3 is 0 Å². The predicted octanol–water partition coefficient (Wildman–Crippen LogP) is 2.33. The molecule has 0 aromatic heterocycles. The molecule has 0 fully saturated rings. The van der Waals surface area contributed by atoms with E-state index in [0.29, 0.717) is 11.1 Å². The lowest BCUT2D eigenvalue weighted by Crippen LogP contribution is -2.57. The first kappa shape index (κ1) is 29.3. The number of nitrogens with two attached hydrogens (primary N) is 2. The van der Waals surface area contributed by atoms with Crippen LogP contribution in [0.2, 0.25) is 0 Å². The fourth-order valence-electron chi connectivity index (χ4n) is 4.49. The number of carbonyl (C=O) groups is 3. The average molecular weight is 535 g/mol. The van der Waals surface area contributed by atoms with Crippen LogP contribution >= 0.6 is 0 Å². The van der Waals surface area contributed by atoms with Crippen LogP contribution in [0.15, 0.2) is 72.8 Å². The summed E-state index contributed by atoms with van der Waals surface area (Å²) < 4.78 is 13.3. The van der Waals surface area contributed by atoms with E-state index in [1.54, 1.807) is 31.2 Å². The van der Waals surface area contributed by atoms with Gasteiger partial charge in [0.1, 0.15) is 23.7 Å². The molecule has 206 valence electrons. The fraction of sp³-hybridized carbons (Fsp3) is 0.300. The molecule has 3 aromatic rings. The van der Waals surface area contributed by atoms with E-state index in [1.807, 2.05) is 30.3 Å². The van der Waals surface area contributed by atoms with Crippen molar-refractivity contribution >= 4 is 17.7 Å². The Labute approximate surface area is 228 Å². The van der Waals surface area contributed by atoms with Gasteiger partial charge in [0.05, 0.1) is 6.04 Å². The maximum atomic E-state index is 13.9. The highest BCUT2D eigenvalue weighted by Gasteiger charge is 2.35. The minimum absolute atomic E-state index is 0.124. The summed E-state index contributed by atoms with van der Waals surface area (Å²) in [6, 6.07) is 16.9. The number of aromatic hydroxyl groups is 1. The lowest BCUT2D eigenvalue weighted by atomic mass is 9.98. The predicted molar refractivity (Wildman–Crippen MR) is 147 cm³/mol. The zero-order valence-corrected chi connectivity index (χ0v) is 22.4. The number of phenols is 1. The highest BCUT2D eigenvalue weighted by molar-refractivity contribution is 5.93. The number of phenolic OH excluding ortho intramolecular Hbond substituents is 1. The molecule has 3 atom stereocenters. The topological polar surface area (TPSA) is 130 Å². The van der Waals surface area contributed by atoms with E-state index >= 15 is 0 Å². The summed E-state index contributed by atoms with van der Waals surface area (Å²) in [5.74, 6) is -1.90.